The van der Waals surface area contributed by atoms with Crippen molar-refractivity contribution in [3.63, 3.8) is 0 Å². The van der Waals surface area contributed by atoms with Gasteiger partial charge in [-0.25, -0.2) is 0 Å². The van der Waals surface area contributed by atoms with Crippen LogP contribution in [0.15, 0.2) is 23.1 Å². The zero-order chi connectivity index (χ0) is 13.0. The fourth-order valence-electron chi connectivity index (χ4n) is 2.53. The quantitative estimate of drug-likeness (QED) is 0.848. The van der Waals surface area contributed by atoms with E-state index < -0.39 is 0 Å². The van der Waals surface area contributed by atoms with Gasteiger partial charge in [-0.3, -0.25) is 0 Å². The van der Waals surface area contributed by atoms with Crippen molar-refractivity contribution in [2.24, 2.45) is 5.73 Å². The molecule has 0 atom stereocenters. The Morgan fingerprint density at radius 1 is 1.22 bits per heavy atom. The number of benzene rings is 1. The molecule has 0 radical (unpaired) electrons. The fourth-order valence-corrected chi connectivity index (χ4v) is 3.18. The predicted octanol–water partition coefficient (Wildman–Crippen LogP) is 2.01. The molecule has 0 saturated carbocycles. The first-order valence-corrected chi connectivity index (χ1v) is 7.78. The smallest absolute Gasteiger partial charge is 0.0423 e. The van der Waals surface area contributed by atoms with Crippen molar-refractivity contribution in [3.05, 3.63) is 23.8 Å². The number of likely N-dealkylation sites (N-methyl/N-ethyl adjacent to an activating group) is 1. The molecule has 100 valence electrons. The van der Waals surface area contributed by atoms with Gasteiger partial charge in [0.15, 0.2) is 0 Å². The molecule has 0 spiro atoms. The molecule has 1 fully saturated rings. The summed E-state index contributed by atoms with van der Waals surface area (Å²) in [5.74, 6) is 0. The highest BCUT2D eigenvalue weighted by Crippen LogP contribution is 2.29. The minimum absolute atomic E-state index is 0.624. The summed E-state index contributed by atoms with van der Waals surface area (Å²) in [4.78, 5) is 6.21. The maximum atomic E-state index is 5.95. The van der Waals surface area contributed by atoms with Crippen LogP contribution in [0.5, 0.6) is 0 Å². The number of thioether (sulfide) groups is 1. The van der Waals surface area contributed by atoms with Crippen LogP contribution in [0.3, 0.4) is 0 Å². The monoisotopic (exact) mass is 265 g/mol. The Kier molecular flexibility index (Phi) is 4.92. The standard InChI is InChI=1S/C14H23N3S/c1-16-7-4-8-17(10-9-16)13-5-3-6-14(18-2)12(13)11-15/h3,5-6H,4,7-11,15H2,1-2H3. The van der Waals surface area contributed by atoms with E-state index in [1.54, 1.807) is 11.8 Å². The molecule has 18 heavy (non-hydrogen) atoms. The van der Waals surface area contributed by atoms with Gasteiger partial charge in [0.25, 0.3) is 0 Å². The van der Waals surface area contributed by atoms with Gasteiger partial charge in [0.1, 0.15) is 0 Å². The van der Waals surface area contributed by atoms with Crippen molar-refractivity contribution in [2.75, 3.05) is 44.4 Å². The third-order valence-electron chi connectivity index (χ3n) is 3.59. The number of anilines is 1. The van der Waals surface area contributed by atoms with Crippen molar-refractivity contribution < 1.29 is 0 Å². The van der Waals surface area contributed by atoms with Gasteiger partial charge in [-0.15, -0.1) is 11.8 Å². The van der Waals surface area contributed by atoms with Crippen LogP contribution in [0, 0.1) is 0 Å². The van der Waals surface area contributed by atoms with Crippen LogP contribution in [0.1, 0.15) is 12.0 Å². The molecule has 0 amide bonds. The van der Waals surface area contributed by atoms with Crippen molar-refractivity contribution in [1.82, 2.24) is 4.90 Å². The van der Waals surface area contributed by atoms with E-state index >= 15 is 0 Å². The first-order valence-electron chi connectivity index (χ1n) is 6.55. The minimum Gasteiger partial charge on any atom is -0.370 e. The highest BCUT2D eigenvalue weighted by atomic mass is 32.2. The van der Waals surface area contributed by atoms with Crippen molar-refractivity contribution in [2.45, 2.75) is 17.9 Å². The molecule has 4 heteroatoms. The van der Waals surface area contributed by atoms with E-state index in [9.17, 15) is 0 Å². The second kappa shape index (κ2) is 6.45. The van der Waals surface area contributed by atoms with Crippen molar-refractivity contribution in [3.8, 4) is 0 Å². The molecule has 1 saturated heterocycles. The number of hydrogen-bond donors (Lipinski definition) is 1. The molecule has 0 aromatic heterocycles. The summed E-state index contributed by atoms with van der Waals surface area (Å²) in [5.41, 5.74) is 8.58. The molecule has 1 aliphatic heterocycles. The molecule has 3 nitrogen and oxygen atoms in total. The molecule has 0 unspecified atom stereocenters. The Hall–Kier alpha value is -0.710. The number of hydrogen-bond acceptors (Lipinski definition) is 4. The summed E-state index contributed by atoms with van der Waals surface area (Å²) in [6.45, 7) is 5.18. The molecule has 2 rings (SSSR count). The summed E-state index contributed by atoms with van der Waals surface area (Å²) in [6, 6.07) is 6.53. The van der Waals surface area contributed by atoms with Gasteiger partial charge in [0.2, 0.25) is 0 Å². The van der Waals surface area contributed by atoms with Crippen LogP contribution in [0.25, 0.3) is 0 Å². The lowest BCUT2D eigenvalue weighted by molar-refractivity contribution is 0.360. The average Bonchev–Trinajstić information content (AvgIpc) is 2.62. The summed E-state index contributed by atoms with van der Waals surface area (Å²) < 4.78 is 0. The van der Waals surface area contributed by atoms with Gasteiger partial charge < -0.3 is 15.5 Å². The van der Waals surface area contributed by atoms with E-state index in [4.69, 9.17) is 5.73 Å². The van der Waals surface area contributed by atoms with Gasteiger partial charge in [0.05, 0.1) is 0 Å². The maximum absolute atomic E-state index is 5.95. The van der Waals surface area contributed by atoms with Crippen LogP contribution < -0.4 is 10.6 Å². The third kappa shape index (κ3) is 2.99. The van der Waals surface area contributed by atoms with Crippen LogP contribution >= 0.6 is 11.8 Å². The first-order chi connectivity index (χ1) is 8.76. The Balaban J connectivity index is 2.26. The van der Waals surface area contributed by atoms with E-state index in [1.165, 1.54) is 29.1 Å². The van der Waals surface area contributed by atoms with Gasteiger partial charge in [-0.1, -0.05) is 6.07 Å². The Morgan fingerprint density at radius 3 is 2.78 bits per heavy atom. The van der Waals surface area contributed by atoms with Crippen LogP contribution in [-0.4, -0.2) is 44.4 Å². The van der Waals surface area contributed by atoms with Crippen LogP contribution in [0.4, 0.5) is 5.69 Å². The first kappa shape index (κ1) is 13.7. The number of nitrogens with zero attached hydrogens (tertiary/aromatic N) is 2. The SMILES string of the molecule is CSc1cccc(N2CCCN(C)CC2)c1CN. The predicted molar refractivity (Wildman–Crippen MR) is 80.4 cm³/mol. The zero-order valence-electron chi connectivity index (χ0n) is 11.4. The topological polar surface area (TPSA) is 32.5 Å². The van der Waals surface area contributed by atoms with Gasteiger partial charge >= 0.3 is 0 Å². The second-order valence-electron chi connectivity index (χ2n) is 4.81. The van der Waals surface area contributed by atoms with E-state index in [-0.39, 0.29) is 0 Å². The van der Waals surface area contributed by atoms with E-state index in [2.05, 4.69) is 41.3 Å². The van der Waals surface area contributed by atoms with E-state index in [1.807, 2.05) is 0 Å². The maximum Gasteiger partial charge on any atom is 0.0423 e. The normalized spacial score (nSPS) is 17.8. The molecule has 1 aliphatic rings. The van der Waals surface area contributed by atoms with Gasteiger partial charge in [-0.2, -0.15) is 0 Å². The highest BCUT2D eigenvalue weighted by molar-refractivity contribution is 7.98. The molecular formula is C14H23N3S. The molecule has 1 aromatic rings. The molecule has 0 aliphatic carbocycles. The summed E-state index contributed by atoms with van der Waals surface area (Å²) in [7, 11) is 2.20. The number of rotatable bonds is 3. The Bertz CT molecular complexity index is 395. The van der Waals surface area contributed by atoms with E-state index in [0.29, 0.717) is 6.54 Å². The van der Waals surface area contributed by atoms with E-state index in [0.717, 1.165) is 19.6 Å². The van der Waals surface area contributed by atoms with Crippen LogP contribution in [-0.2, 0) is 6.54 Å². The Labute approximate surface area is 114 Å². The average molecular weight is 265 g/mol. The highest BCUT2D eigenvalue weighted by Gasteiger charge is 2.16. The van der Waals surface area contributed by atoms with Crippen molar-refractivity contribution in [1.29, 1.82) is 0 Å². The van der Waals surface area contributed by atoms with Gasteiger partial charge in [0, 0.05) is 42.3 Å². The lowest BCUT2D eigenvalue weighted by Gasteiger charge is -2.26. The molecule has 1 heterocycles. The lowest BCUT2D eigenvalue weighted by Crippen LogP contribution is -2.29. The molecule has 1 aromatic carbocycles. The summed E-state index contributed by atoms with van der Waals surface area (Å²) in [5, 5.41) is 0. The van der Waals surface area contributed by atoms with Gasteiger partial charge in [-0.05, 0) is 38.4 Å². The largest absolute Gasteiger partial charge is 0.370 e. The van der Waals surface area contributed by atoms with Crippen LogP contribution in [0.2, 0.25) is 0 Å². The Morgan fingerprint density at radius 2 is 2.06 bits per heavy atom. The number of nitrogens with two attached hydrogens (primary N) is 1. The summed E-state index contributed by atoms with van der Waals surface area (Å²) >= 11 is 1.79. The van der Waals surface area contributed by atoms with Crippen molar-refractivity contribution >= 4 is 17.4 Å². The third-order valence-corrected chi connectivity index (χ3v) is 4.41. The molecular weight excluding hydrogens is 242 g/mol. The summed E-state index contributed by atoms with van der Waals surface area (Å²) in [6.07, 6.45) is 3.35. The minimum atomic E-state index is 0.624. The second-order valence-corrected chi connectivity index (χ2v) is 5.65. The molecule has 2 N–H and O–H groups in total. The lowest BCUT2D eigenvalue weighted by atomic mass is 10.1. The zero-order valence-corrected chi connectivity index (χ0v) is 12.2. The fraction of sp³-hybridized carbons (Fsp3) is 0.571. The molecule has 0 bridgehead atoms.